The lowest BCUT2D eigenvalue weighted by Gasteiger charge is -2.21. The lowest BCUT2D eigenvalue weighted by molar-refractivity contribution is 0.567. The van der Waals surface area contributed by atoms with Crippen molar-refractivity contribution in [1.29, 1.82) is 0 Å². The number of benzene rings is 1. The fraction of sp³-hybridized carbons (Fsp3) is 0.500. The van der Waals surface area contributed by atoms with Crippen LogP contribution in [-0.4, -0.2) is 11.8 Å². The summed E-state index contributed by atoms with van der Waals surface area (Å²) in [5, 5.41) is 0. The summed E-state index contributed by atoms with van der Waals surface area (Å²) in [6.07, 6.45) is 10.1. The molecule has 0 heterocycles. The van der Waals surface area contributed by atoms with Crippen LogP contribution in [-0.2, 0) is 0 Å². The van der Waals surface area contributed by atoms with Gasteiger partial charge >= 0.3 is 0 Å². The summed E-state index contributed by atoms with van der Waals surface area (Å²) >= 11 is 5.46. The van der Waals surface area contributed by atoms with E-state index in [1.54, 1.807) is 0 Å². The number of thioether (sulfide) groups is 1. The van der Waals surface area contributed by atoms with E-state index < -0.39 is 0 Å². The molecule has 110 valence electrons. The van der Waals surface area contributed by atoms with Crippen LogP contribution < -0.4 is 11.3 Å². The van der Waals surface area contributed by atoms with Gasteiger partial charge in [0.2, 0.25) is 0 Å². The van der Waals surface area contributed by atoms with Crippen molar-refractivity contribution >= 4 is 27.7 Å². The van der Waals surface area contributed by atoms with Gasteiger partial charge in [-0.25, -0.2) is 0 Å². The molecule has 2 nitrogen and oxygen atoms in total. The third-order valence-corrected chi connectivity index (χ3v) is 5.84. The lowest BCUT2D eigenvalue weighted by atomic mass is 9.96. The molecule has 0 aromatic heterocycles. The first-order valence-corrected chi connectivity index (χ1v) is 9.11. The molecule has 1 aromatic rings. The predicted molar refractivity (Wildman–Crippen MR) is 91.8 cm³/mol. The average Bonchev–Trinajstić information content (AvgIpc) is 2.42. The summed E-state index contributed by atoms with van der Waals surface area (Å²) in [5.41, 5.74) is 4.50. The highest BCUT2D eigenvalue weighted by molar-refractivity contribution is 9.10. The van der Waals surface area contributed by atoms with Crippen molar-refractivity contribution in [3.63, 3.8) is 0 Å². The second-order valence-electron chi connectivity index (χ2n) is 5.19. The van der Waals surface area contributed by atoms with E-state index in [1.807, 2.05) is 17.8 Å². The van der Waals surface area contributed by atoms with E-state index in [1.165, 1.54) is 49.0 Å². The number of halogens is 1. The molecule has 4 heteroatoms. The first-order valence-electron chi connectivity index (χ1n) is 7.33. The van der Waals surface area contributed by atoms with E-state index in [2.05, 4.69) is 45.6 Å². The third-order valence-electron chi connectivity index (χ3n) is 3.72. The van der Waals surface area contributed by atoms with Gasteiger partial charge < -0.3 is 0 Å². The van der Waals surface area contributed by atoms with Crippen molar-refractivity contribution in [3.05, 3.63) is 40.4 Å². The zero-order valence-corrected chi connectivity index (χ0v) is 14.2. The molecule has 1 aliphatic carbocycles. The predicted octanol–water partition coefficient (Wildman–Crippen LogP) is 4.65. The van der Waals surface area contributed by atoms with Crippen LogP contribution in [0.2, 0.25) is 0 Å². The molecular formula is C16H23BrN2S. The van der Waals surface area contributed by atoms with Gasteiger partial charge in [-0.3, -0.25) is 11.3 Å². The number of hydrazine groups is 1. The Morgan fingerprint density at radius 2 is 2.00 bits per heavy atom. The van der Waals surface area contributed by atoms with Gasteiger partial charge in [-0.15, -0.1) is 11.8 Å². The largest absolute Gasteiger partial charge is 0.271 e. The van der Waals surface area contributed by atoms with Crippen LogP contribution in [0, 0.1) is 0 Å². The van der Waals surface area contributed by atoms with E-state index in [9.17, 15) is 0 Å². The molecule has 0 amide bonds. The number of hydrogen-bond acceptors (Lipinski definition) is 3. The van der Waals surface area contributed by atoms with Crippen LogP contribution in [0.25, 0.3) is 0 Å². The number of nitrogens with two attached hydrogens (primary N) is 1. The fourth-order valence-corrected chi connectivity index (χ4v) is 4.20. The molecule has 1 unspecified atom stereocenters. The van der Waals surface area contributed by atoms with Crippen LogP contribution in [0.3, 0.4) is 0 Å². The van der Waals surface area contributed by atoms with Crippen molar-refractivity contribution in [2.45, 2.75) is 49.5 Å². The minimum atomic E-state index is 0.283. The second kappa shape index (κ2) is 8.88. The summed E-state index contributed by atoms with van der Waals surface area (Å²) in [6.45, 7) is 0. The van der Waals surface area contributed by atoms with E-state index in [0.29, 0.717) is 0 Å². The molecule has 0 bridgehead atoms. The first-order chi connectivity index (χ1) is 9.81. The molecule has 0 saturated carbocycles. The van der Waals surface area contributed by atoms with Gasteiger partial charge in [-0.2, -0.15) is 0 Å². The molecule has 1 atom stereocenters. The Morgan fingerprint density at radius 3 is 2.80 bits per heavy atom. The zero-order chi connectivity index (χ0) is 14.2. The molecule has 0 fully saturated rings. The van der Waals surface area contributed by atoms with E-state index >= 15 is 0 Å². The number of hydrogen-bond donors (Lipinski definition) is 2. The molecule has 20 heavy (non-hydrogen) atoms. The summed E-state index contributed by atoms with van der Waals surface area (Å²) in [5.74, 6) is 6.76. The summed E-state index contributed by atoms with van der Waals surface area (Å²) in [7, 11) is 0. The van der Waals surface area contributed by atoms with Crippen LogP contribution >= 0.6 is 27.7 Å². The minimum Gasteiger partial charge on any atom is -0.271 e. The maximum Gasteiger partial charge on any atom is 0.0513 e. The van der Waals surface area contributed by atoms with Crippen molar-refractivity contribution in [1.82, 2.24) is 5.43 Å². The fourth-order valence-electron chi connectivity index (χ4n) is 2.53. The van der Waals surface area contributed by atoms with E-state index in [4.69, 9.17) is 5.84 Å². The summed E-state index contributed by atoms with van der Waals surface area (Å²) in [6, 6.07) is 8.64. The quantitative estimate of drug-likeness (QED) is 0.349. The third kappa shape index (κ3) is 4.92. The number of rotatable bonds is 5. The molecule has 1 aromatic carbocycles. The highest BCUT2D eigenvalue weighted by Gasteiger charge is 2.14. The zero-order valence-electron chi connectivity index (χ0n) is 11.8. The van der Waals surface area contributed by atoms with Crippen LogP contribution in [0.1, 0.15) is 38.5 Å². The Labute approximate surface area is 134 Å². The molecule has 0 saturated heterocycles. The Hall–Kier alpha value is -0.290. The van der Waals surface area contributed by atoms with Crippen LogP contribution in [0.4, 0.5) is 0 Å². The van der Waals surface area contributed by atoms with E-state index in [-0.39, 0.29) is 6.04 Å². The topological polar surface area (TPSA) is 38.0 Å². The molecule has 2 rings (SSSR count). The summed E-state index contributed by atoms with van der Waals surface area (Å²) in [4.78, 5) is 1.28. The average molecular weight is 355 g/mol. The van der Waals surface area contributed by atoms with Crippen molar-refractivity contribution in [3.8, 4) is 0 Å². The van der Waals surface area contributed by atoms with Gasteiger partial charge in [0.25, 0.3) is 0 Å². The molecule has 1 aliphatic rings. The lowest BCUT2D eigenvalue weighted by Crippen LogP contribution is -2.38. The highest BCUT2D eigenvalue weighted by Crippen LogP contribution is 2.29. The van der Waals surface area contributed by atoms with Crippen molar-refractivity contribution in [2.75, 3.05) is 5.75 Å². The van der Waals surface area contributed by atoms with Gasteiger partial charge in [-0.05, 0) is 53.7 Å². The molecular weight excluding hydrogens is 332 g/mol. The van der Waals surface area contributed by atoms with Crippen molar-refractivity contribution in [2.24, 2.45) is 5.84 Å². The minimum absolute atomic E-state index is 0.283. The Bertz CT molecular complexity index is 448. The van der Waals surface area contributed by atoms with Crippen LogP contribution in [0.15, 0.2) is 45.3 Å². The van der Waals surface area contributed by atoms with E-state index in [0.717, 1.165) is 10.2 Å². The van der Waals surface area contributed by atoms with Gasteiger partial charge in [0.15, 0.2) is 0 Å². The SMILES string of the molecule is NNC(CSc1ccccc1Br)/C1=C/CCCCCC1. The van der Waals surface area contributed by atoms with Gasteiger partial charge in [0.05, 0.1) is 6.04 Å². The normalized spacial score (nSPS) is 20.6. The standard InChI is InChI=1S/C16H23BrN2S/c17-14-10-6-7-11-16(14)20-12-15(19-18)13-8-4-2-1-3-5-9-13/h6-8,10-11,15,19H,1-5,9,12,18H2/b13-8+. The maximum atomic E-state index is 5.78. The smallest absolute Gasteiger partial charge is 0.0513 e. The Morgan fingerprint density at radius 1 is 1.20 bits per heavy atom. The maximum absolute atomic E-state index is 5.78. The van der Waals surface area contributed by atoms with Crippen molar-refractivity contribution < 1.29 is 0 Å². The van der Waals surface area contributed by atoms with Gasteiger partial charge in [-0.1, -0.05) is 36.6 Å². The number of allylic oxidation sites excluding steroid dienone is 1. The molecule has 0 spiro atoms. The van der Waals surface area contributed by atoms with Crippen LogP contribution in [0.5, 0.6) is 0 Å². The van der Waals surface area contributed by atoms with Gasteiger partial charge in [0, 0.05) is 15.1 Å². The highest BCUT2D eigenvalue weighted by atomic mass is 79.9. The molecule has 0 radical (unpaired) electrons. The number of nitrogens with one attached hydrogen (secondary N) is 1. The Balaban J connectivity index is 1.96. The summed E-state index contributed by atoms with van der Waals surface area (Å²) < 4.78 is 1.16. The molecule has 0 aliphatic heterocycles. The molecule has 3 N–H and O–H groups in total. The first kappa shape index (κ1) is 16.1. The second-order valence-corrected chi connectivity index (χ2v) is 7.11. The monoisotopic (exact) mass is 354 g/mol. The van der Waals surface area contributed by atoms with Gasteiger partial charge in [0.1, 0.15) is 0 Å². The Kier molecular flexibility index (Phi) is 7.14.